The maximum Gasteiger partial charge on any atom is 0.404 e. The Kier molecular flexibility index (Phi) is 6.34. The van der Waals surface area contributed by atoms with Gasteiger partial charge in [0, 0.05) is 11.4 Å². The minimum atomic E-state index is -4.78. The van der Waals surface area contributed by atoms with Crippen LogP contribution < -0.4 is 4.72 Å². The quantitative estimate of drug-likeness (QED) is 0.389. The summed E-state index contributed by atoms with van der Waals surface area (Å²) < 4.78 is 86.0. The van der Waals surface area contributed by atoms with Gasteiger partial charge >= 0.3 is 12.1 Å². The number of hydrogen-bond acceptors (Lipinski definition) is 6. The number of nitrogens with zero attached hydrogens (tertiary/aromatic N) is 3. The summed E-state index contributed by atoms with van der Waals surface area (Å²) in [5.41, 5.74) is 1.19. The molecule has 0 amide bonds. The third kappa shape index (κ3) is 4.49. The summed E-state index contributed by atoms with van der Waals surface area (Å²) in [6.07, 6.45) is -0.523. The monoisotopic (exact) mass is 514 g/mol. The SMILES string of the molecule is COC(=O)c1c(-c2ncc(S(=O)(=O)NC(C)C(F)(F)F)cn2)n(C2CCC2)c2cc(C)c(F)cc12. The highest BCUT2D eigenvalue weighted by Gasteiger charge is 2.39. The van der Waals surface area contributed by atoms with E-state index in [0.29, 0.717) is 23.4 Å². The van der Waals surface area contributed by atoms with Crippen molar-refractivity contribution >= 4 is 26.9 Å². The van der Waals surface area contributed by atoms with Gasteiger partial charge in [0.2, 0.25) is 10.0 Å². The fourth-order valence-electron chi connectivity index (χ4n) is 3.93. The molecule has 1 saturated carbocycles. The number of aryl methyl sites for hydroxylation is 1. The van der Waals surface area contributed by atoms with Crippen molar-refractivity contribution in [2.75, 3.05) is 7.11 Å². The zero-order valence-electron chi connectivity index (χ0n) is 19.0. The third-order valence-corrected chi connectivity index (χ3v) is 7.58. The first-order valence-electron chi connectivity index (χ1n) is 10.7. The first-order valence-corrected chi connectivity index (χ1v) is 12.2. The van der Waals surface area contributed by atoms with Crippen LogP contribution in [-0.2, 0) is 14.8 Å². The average Bonchev–Trinajstić information content (AvgIpc) is 3.05. The fourth-order valence-corrected chi connectivity index (χ4v) is 5.05. The average molecular weight is 515 g/mol. The molecule has 0 bridgehead atoms. The number of aromatic nitrogens is 3. The maximum absolute atomic E-state index is 14.5. The molecule has 1 aromatic carbocycles. The van der Waals surface area contributed by atoms with Crippen LogP contribution in [0.5, 0.6) is 0 Å². The molecule has 0 spiro atoms. The number of benzene rings is 1. The molecule has 0 saturated heterocycles. The number of halogens is 4. The number of carbonyl (C=O) groups excluding carboxylic acids is 1. The molecule has 1 atom stereocenters. The molecule has 1 unspecified atom stereocenters. The highest BCUT2D eigenvalue weighted by Crippen LogP contribution is 2.42. The number of methoxy groups -OCH3 is 1. The number of nitrogens with one attached hydrogen (secondary N) is 1. The number of sulfonamides is 1. The lowest BCUT2D eigenvalue weighted by atomic mass is 9.92. The Hall–Kier alpha value is -3.06. The van der Waals surface area contributed by atoms with E-state index in [1.807, 2.05) is 4.57 Å². The number of ether oxygens (including phenoxy) is 1. The Morgan fingerprint density at radius 1 is 1.23 bits per heavy atom. The van der Waals surface area contributed by atoms with Crippen LogP contribution in [0.1, 0.15) is 48.1 Å². The lowest BCUT2D eigenvalue weighted by molar-refractivity contribution is -0.147. The molecule has 35 heavy (non-hydrogen) atoms. The molecule has 1 aliphatic carbocycles. The third-order valence-electron chi connectivity index (χ3n) is 6.09. The number of fused-ring (bicyclic) bond motifs is 1. The van der Waals surface area contributed by atoms with Crippen LogP contribution in [0.4, 0.5) is 17.6 Å². The Bertz CT molecular complexity index is 1400. The minimum Gasteiger partial charge on any atom is -0.465 e. The van der Waals surface area contributed by atoms with Crippen molar-refractivity contribution in [3.8, 4) is 11.5 Å². The molecule has 13 heteroatoms. The van der Waals surface area contributed by atoms with E-state index in [9.17, 15) is 30.8 Å². The summed E-state index contributed by atoms with van der Waals surface area (Å²) in [4.78, 5) is 20.3. The van der Waals surface area contributed by atoms with Gasteiger partial charge in [0.25, 0.3) is 0 Å². The topological polar surface area (TPSA) is 103 Å². The van der Waals surface area contributed by atoms with Gasteiger partial charge in [-0.25, -0.2) is 27.6 Å². The molecule has 4 rings (SSSR count). The van der Waals surface area contributed by atoms with Crippen LogP contribution in [0, 0.1) is 12.7 Å². The van der Waals surface area contributed by atoms with Gasteiger partial charge in [-0.05, 0) is 50.8 Å². The van der Waals surface area contributed by atoms with Gasteiger partial charge in [-0.15, -0.1) is 0 Å². The van der Waals surface area contributed by atoms with Crippen LogP contribution in [0.3, 0.4) is 0 Å². The van der Waals surface area contributed by atoms with Crippen molar-refractivity contribution in [1.82, 2.24) is 19.3 Å². The first kappa shape index (κ1) is 25.0. The number of rotatable bonds is 6. The molecule has 3 aromatic rings. The van der Waals surface area contributed by atoms with Crippen LogP contribution in [-0.4, -0.2) is 48.3 Å². The Balaban J connectivity index is 1.87. The summed E-state index contributed by atoms with van der Waals surface area (Å²) in [5, 5.41) is 0.294. The second-order valence-corrected chi connectivity index (χ2v) is 10.1. The molecule has 1 aliphatic rings. The Morgan fingerprint density at radius 2 is 1.86 bits per heavy atom. The van der Waals surface area contributed by atoms with Crippen molar-refractivity contribution in [3.63, 3.8) is 0 Å². The molecule has 8 nitrogen and oxygen atoms in total. The molecule has 1 N–H and O–H groups in total. The summed E-state index contributed by atoms with van der Waals surface area (Å²) in [5.74, 6) is -1.33. The number of esters is 1. The van der Waals surface area contributed by atoms with Gasteiger partial charge in [-0.1, -0.05) is 0 Å². The van der Waals surface area contributed by atoms with E-state index in [1.54, 1.807) is 13.0 Å². The number of carbonyl (C=O) groups is 1. The van der Waals surface area contributed by atoms with E-state index >= 15 is 0 Å². The fraction of sp³-hybridized carbons (Fsp3) is 0.409. The summed E-state index contributed by atoms with van der Waals surface area (Å²) in [6, 6.07) is 0.492. The van der Waals surface area contributed by atoms with Crippen molar-refractivity contribution in [1.29, 1.82) is 0 Å². The molecular formula is C22H22F4N4O4S. The minimum absolute atomic E-state index is 0.0210. The van der Waals surface area contributed by atoms with Crippen molar-refractivity contribution in [2.24, 2.45) is 0 Å². The molecule has 2 heterocycles. The van der Waals surface area contributed by atoms with Crippen LogP contribution in [0.25, 0.3) is 22.4 Å². The van der Waals surface area contributed by atoms with Crippen LogP contribution >= 0.6 is 0 Å². The van der Waals surface area contributed by atoms with E-state index in [1.165, 1.54) is 17.9 Å². The Morgan fingerprint density at radius 3 is 2.37 bits per heavy atom. The number of hydrogen-bond donors (Lipinski definition) is 1. The molecule has 2 aromatic heterocycles. The molecular weight excluding hydrogens is 492 g/mol. The second kappa shape index (κ2) is 8.86. The zero-order chi connectivity index (χ0) is 25.7. The van der Waals surface area contributed by atoms with E-state index in [0.717, 1.165) is 31.7 Å². The van der Waals surface area contributed by atoms with Crippen LogP contribution in [0.15, 0.2) is 29.4 Å². The van der Waals surface area contributed by atoms with Crippen molar-refractivity contribution in [3.05, 3.63) is 41.5 Å². The van der Waals surface area contributed by atoms with Gasteiger partial charge in [0.1, 0.15) is 22.4 Å². The zero-order valence-corrected chi connectivity index (χ0v) is 19.8. The summed E-state index contributed by atoms with van der Waals surface area (Å²) in [7, 11) is -3.40. The number of alkyl halides is 3. The van der Waals surface area contributed by atoms with Gasteiger partial charge < -0.3 is 9.30 Å². The second-order valence-electron chi connectivity index (χ2n) is 8.42. The van der Waals surface area contributed by atoms with Crippen molar-refractivity contribution in [2.45, 2.75) is 56.3 Å². The van der Waals surface area contributed by atoms with E-state index in [4.69, 9.17) is 4.74 Å². The van der Waals surface area contributed by atoms with E-state index in [-0.39, 0.29) is 23.1 Å². The van der Waals surface area contributed by atoms with Gasteiger partial charge in [0.15, 0.2) is 5.82 Å². The predicted octanol–water partition coefficient (Wildman–Crippen LogP) is 4.29. The maximum atomic E-state index is 14.5. The van der Waals surface area contributed by atoms with Crippen LogP contribution in [0.2, 0.25) is 0 Å². The Labute approximate surface area is 198 Å². The molecule has 188 valence electrons. The first-order chi connectivity index (χ1) is 16.3. The van der Waals surface area contributed by atoms with Crippen molar-refractivity contribution < 1.29 is 35.5 Å². The molecule has 1 fully saturated rings. The highest BCUT2D eigenvalue weighted by atomic mass is 32.2. The van der Waals surface area contributed by atoms with Gasteiger partial charge in [0.05, 0.1) is 30.6 Å². The molecule has 0 radical (unpaired) electrons. The standard InChI is InChI=1S/C22H22F4N4O4S/c1-11-7-17-15(8-16(11)23)18(21(31)34-3)19(30(17)13-5-4-6-13)20-27-9-14(10-28-20)35(32,33)29-12(2)22(24,25)26/h7-10,12-13,29H,4-6H2,1-3H3. The smallest absolute Gasteiger partial charge is 0.404 e. The van der Waals surface area contributed by atoms with Gasteiger partial charge in [-0.2, -0.15) is 17.9 Å². The predicted molar refractivity (Wildman–Crippen MR) is 118 cm³/mol. The lowest BCUT2D eigenvalue weighted by Crippen LogP contribution is -2.43. The van der Waals surface area contributed by atoms with Gasteiger partial charge in [-0.3, -0.25) is 0 Å². The molecule has 0 aliphatic heterocycles. The lowest BCUT2D eigenvalue weighted by Gasteiger charge is -2.30. The largest absolute Gasteiger partial charge is 0.465 e. The highest BCUT2D eigenvalue weighted by molar-refractivity contribution is 7.89. The van der Waals surface area contributed by atoms with E-state index in [2.05, 4.69) is 9.97 Å². The summed E-state index contributed by atoms with van der Waals surface area (Å²) >= 11 is 0. The normalized spacial score (nSPS) is 15.7. The summed E-state index contributed by atoms with van der Waals surface area (Å²) in [6.45, 7) is 2.27. The van der Waals surface area contributed by atoms with E-state index < -0.39 is 38.9 Å².